The number of benzene rings is 3. The first-order chi connectivity index (χ1) is 14.1. The van der Waals surface area contributed by atoms with Crippen molar-refractivity contribution in [3.05, 3.63) is 82.9 Å². The average molecular weight is 420 g/mol. The van der Waals surface area contributed by atoms with E-state index in [1.807, 2.05) is 6.07 Å². The van der Waals surface area contributed by atoms with E-state index in [0.29, 0.717) is 15.2 Å². The van der Waals surface area contributed by atoms with Crippen molar-refractivity contribution in [2.45, 2.75) is 46.6 Å². The van der Waals surface area contributed by atoms with Crippen molar-refractivity contribution in [3.63, 3.8) is 0 Å². The highest BCUT2D eigenvalue weighted by atomic mass is 31.1. The lowest BCUT2D eigenvalue weighted by molar-refractivity contribution is 0.306. The Labute approximate surface area is 184 Å². The molecule has 0 saturated carbocycles. The van der Waals surface area contributed by atoms with Crippen LogP contribution in [0.1, 0.15) is 43.0 Å². The highest BCUT2D eigenvalue weighted by Gasteiger charge is 2.19. The van der Waals surface area contributed by atoms with Crippen LogP contribution in [-0.4, -0.2) is 14.1 Å². The van der Waals surface area contributed by atoms with E-state index in [0.717, 1.165) is 5.75 Å². The van der Waals surface area contributed by atoms with Gasteiger partial charge in [0.1, 0.15) is 12.4 Å². The minimum atomic E-state index is 0.0968. The molecular weight excluding hydrogens is 385 g/mol. The molecule has 0 saturated heterocycles. The topological polar surface area (TPSA) is 12.5 Å². The highest BCUT2D eigenvalue weighted by molar-refractivity contribution is 7.56. The highest BCUT2D eigenvalue weighted by Crippen LogP contribution is 2.32. The van der Waals surface area contributed by atoms with Gasteiger partial charge >= 0.3 is 0 Å². The van der Waals surface area contributed by atoms with Crippen molar-refractivity contribution < 1.29 is 4.74 Å². The molecule has 0 radical (unpaired) electrons. The first-order valence-electron chi connectivity index (χ1n) is 10.5. The van der Waals surface area contributed by atoms with Crippen LogP contribution in [0.4, 0.5) is 5.69 Å². The second-order valence-electron chi connectivity index (χ2n) is 9.23. The van der Waals surface area contributed by atoms with Gasteiger partial charge in [-0.3, -0.25) is 0 Å². The molecule has 0 aliphatic carbocycles. The van der Waals surface area contributed by atoms with E-state index in [2.05, 4.69) is 108 Å². The quantitative estimate of drug-likeness (QED) is 0.463. The number of ether oxygens (including phenoxy) is 1. The number of hydrogen-bond acceptors (Lipinski definition) is 2. The molecule has 0 bridgehead atoms. The maximum Gasteiger partial charge on any atom is 0.130 e. The molecule has 0 heterocycles. The molecule has 2 nitrogen and oxygen atoms in total. The molecule has 1 atom stereocenters. The molecule has 0 N–H and O–H groups in total. The standard InChI is InChI=1S/C27H34NOP/c1-19-13-14-24(23(15-19)28(6)7)30-25-17-22(27(3,4)5)16-20(2)26(25)29-18-21-11-9-8-10-12-21/h8-17,30H,18H2,1-7H3. The summed E-state index contributed by atoms with van der Waals surface area (Å²) in [4.78, 5) is 2.21. The van der Waals surface area contributed by atoms with Crippen molar-refractivity contribution >= 4 is 24.9 Å². The Morgan fingerprint density at radius 2 is 1.57 bits per heavy atom. The molecule has 3 aromatic rings. The number of aryl methyl sites for hydroxylation is 2. The van der Waals surface area contributed by atoms with Gasteiger partial charge in [-0.25, -0.2) is 0 Å². The molecule has 0 aromatic heterocycles. The fourth-order valence-electron chi connectivity index (χ4n) is 3.48. The first-order valence-corrected chi connectivity index (χ1v) is 11.5. The van der Waals surface area contributed by atoms with Crippen molar-refractivity contribution in [2.75, 3.05) is 19.0 Å². The minimum absolute atomic E-state index is 0.0968. The molecular formula is C27H34NOP. The second kappa shape index (κ2) is 9.23. The first kappa shape index (κ1) is 22.4. The Hall–Kier alpha value is -2.31. The fraction of sp³-hybridized carbons (Fsp3) is 0.333. The summed E-state index contributed by atoms with van der Waals surface area (Å²) in [7, 11) is 4.77. The maximum absolute atomic E-state index is 6.41. The van der Waals surface area contributed by atoms with Crippen LogP contribution in [0.25, 0.3) is 0 Å². The van der Waals surface area contributed by atoms with Crippen molar-refractivity contribution in [1.82, 2.24) is 0 Å². The van der Waals surface area contributed by atoms with E-state index < -0.39 is 0 Å². The molecule has 0 aliphatic heterocycles. The zero-order valence-electron chi connectivity index (χ0n) is 19.3. The van der Waals surface area contributed by atoms with Crippen LogP contribution in [0.15, 0.2) is 60.7 Å². The summed E-state index contributed by atoms with van der Waals surface area (Å²) in [6, 6.07) is 21.8. The third-order valence-electron chi connectivity index (χ3n) is 5.27. The molecule has 1 unspecified atom stereocenters. The lowest BCUT2D eigenvalue weighted by Gasteiger charge is -2.24. The summed E-state index contributed by atoms with van der Waals surface area (Å²) in [6.07, 6.45) is 0. The SMILES string of the molecule is Cc1ccc(Pc2cc(C(C)(C)C)cc(C)c2OCc2ccccc2)c(N(C)C)c1. The summed E-state index contributed by atoms with van der Waals surface area (Å²) in [6.45, 7) is 11.7. The Bertz CT molecular complexity index is 1000. The summed E-state index contributed by atoms with van der Waals surface area (Å²) in [5, 5.41) is 2.63. The van der Waals surface area contributed by atoms with E-state index in [9.17, 15) is 0 Å². The fourth-order valence-corrected chi connectivity index (χ4v) is 4.97. The van der Waals surface area contributed by atoms with Crippen LogP contribution in [0.5, 0.6) is 5.75 Å². The predicted molar refractivity (Wildman–Crippen MR) is 134 cm³/mol. The molecule has 0 fully saturated rings. The third-order valence-corrected chi connectivity index (χ3v) is 6.60. The minimum Gasteiger partial charge on any atom is -0.488 e. The molecule has 30 heavy (non-hydrogen) atoms. The Kier molecular flexibility index (Phi) is 6.88. The average Bonchev–Trinajstić information content (AvgIpc) is 2.68. The number of rotatable bonds is 6. The van der Waals surface area contributed by atoms with Crippen molar-refractivity contribution in [3.8, 4) is 5.75 Å². The smallest absolute Gasteiger partial charge is 0.130 e. The van der Waals surface area contributed by atoms with Gasteiger partial charge < -0.3 is 9.64 Å². The van der Waals surface area contributed by atoms with E-state index in [1.165, 1.54) is 38.6 Å². The normalized spacial score (nSPS) is 11.8. The van der Waals surface area contributed by atoms with Crippen LogP contribution in [0.3, 0.4) is 0 Å². The zero-order chi connectivity index (χ0) is 21.9. The van der Waals surface area contributed by atoms with Crippen LogP contribution in [-0.2, 0) is 12.0 Å². The van der Waals surface area contributed by atoms with Gasteiger partial charge in [0, 0.05) is 30.4 Å². The molecule has 3 heteroatoms. The number of nitrogens with zero attached hydrogens (tertiary/aromatic N) is 1. The summed E-state index contributed by atoms with van der Waals surface area (Å²) >= 11 is 0. The molecule has 3 rings (SSSR count). The van der Waals surface area contributed by atoms with E-state index in [1.54, 1.807) is 0 Å². The van der Waals surface area contributed by atoms with Gasteiger partial charge in [0.05, 0.1) is 0 Å². The van der Waals surface area contributed by atoms with Gasteiger partial charge in [-0.2, -0.15) is 0 Å². The Morgan fingerprint density at radius 1 is 0.867 bits per heavy atom. The van der Waals surface area contributed by atoms with Gasteiger partial charge in [0.15, 0.2) is 0 Å². The molecule has 0 amide bonds. The van der Waals surface area contributed by atoms with Crippen LogP contribution >= 0.6 is 8.58 Å². The zero-order valence-corrected chi connectivity index (χ0v) is 20.3. The number of hydrogen-bond donors (Lipinski definition) is 0. The molecule has 158 valence electrons. The lowest BCUT2D eigenvalue weighted by atomic mass is 9.86. The summed E-state index contributed by atoms with van der Waals surface area (Å²) in [5.74, 6) is 1.02. The van der Waals surface area contributed by atoms with E-state index in [-0.39, 0.29) is 5.41 Å². The number of anilines is 1. The third kappa shape index (κ3) is 5.43. The van der Waals surface area contributed by atoms with Crippen molar-refractivity contribution in [2.24, 2.45) is 0 Å². The van der Waals surface area contributed by atoms with Crippen LogP contribution < -0.4 is 20.2 Å². The predicted octanol–water partition coefficient (Wildman–Crippen LogP) is 5.88. The van der Waals surface area contributed by atoms with Gasteiger partial charge in [-0.05, 0) is 53.6 Å². The Balaban J connectivity index is 2.03. The van der Waals surface area contributed by atoms with Gasteiger partial charge in [-0.15, -0.1) is 0 Å². The lowest BCUT2D eigenvalue weighted by Crippen LogP contribution is -2.20. The Morgan fingerprint density at radius 3 is 2.20 bits per heavy atom. The summed E-state index contributed by atoms with van der Waals surface area (Å²) < 4.78 is 6.41. The molecule has 0 spiro atoms. The van der Waals surface area contributed by atoms with Crippen LogP contribution in [0, 0.1) is 13.8 Å². The monoisotopic (exact) mass is 419 g/mol. The summed E-state index contributed by atoms with van der Waals surface area (Å²) in [5.41, 5.74) is 6.41. The maximum atomic E-state index is 6.41. The van der Waals surface area contributed by atoms with Gasteiger partial charge in [0.25, 0.3) is 0 Å². The van der Waals surface area contributed by atoms with Crippen LogP contribution in [0.2, 0.25) is 0 Å². The molecule has 0 aliphatic rings. The van der Waals surface area contributed by atoms with Gasteiger partial charge in [-0.1, -0.05) is 77.9 Å². The van der Waals surface area contributed by atoms with Gasteiger partial charge in [0.2, 0.25) is 0 Å². The second-order valence-corrected chi connectivity index (χ2v) is 10.6. The van der Waals surface area contributed by atoms with E-state index in [4.69, 9.17) is 4.74 Å². The van der Waals surface area contributed by atoms with E-state index >= 15 is 0 Å². The molecule has 3 aromatic carbocycles. The van der Waals surface area contributed by atoms with Crippen molar-refractivity contribution in [1.29, 1.82) is 0 Å². The largest absolute Gasteiger partial charge is 0.488 e.